The minimum atomic E-state index is -0.112. The molecule has 0 aliphatic carbocycles. The highest BCUT2D eigenvalue weighted by molar-refractivity contribution is 6.33. The Morgan fingerprint density at radius 1 is 1.28 bits per heavy atom. The Morgan fingerprint density at radius 2 is 2.11 bits per heavy atom. The molecule has 18 heavy (non-hydrogen) atoms. The zero-order chi connectivity index (χ0) is 12.5. The number of anilines is 2. The van der Waals surface area contributed by atoms with E-state index >= 15 is 0 Å². The lowest BCUT2D eigenvalue weighted by atomic mass is 10.3. The van der Waals surface area contributed by atoms with Gasteiger partial charge in [0.05, 0.1) is 22.0 Å². The molecule has 0 amide bonds. The summed E-state index contributed by atoms with van der Waals surface area (Å²) in [5.41, 5.74) is 2.10. The standard InChI is InChI=1S/C12H11ClN4O/c13-8-3-1-2-4-9(8)15-12-16-10-6-14-5-7(10)11(18)17-12/h1-4,14H,5-6H2,(H2,15,16,17,18). The third-order valence-electron chi connectivity index (χ3n) is 2.82. The van der Waals surface area contributed by atoms with Crippen molar-refractivity contribution in [1.82, 2.24) is 15.3 Å². The van der Waals surface area contributed by atoms with E-state index in [9.17, 15) is 4.79 Å². The maximum absolute atomic E-state index is 11.8. The first-order chi connectivity index (χ1) is 8.74. The number of fused-ring (bicyclic) bond motifs is 1. The number of aromatic amines is 1. The number of rotatable bonds is 2. The molecular formula is C12H11ClN4O. The van der Waals surface area contributed by atoms with Crippen LogP contribution in [-0.2, 0) is 13.1 Å². The molecule has 2 aromatic rings. The van der Waals surface area contributed by atoms with Crippen molar-refractivity contribution in [3.05, 3.63) is 50.9 Å². The van der Waals surface area contributed by atoms with Crippen molar-refractivity contribution in [2.45, 2.75) is 13.1 Å². The molecule has 0 radical (unpaired) electrons. The van der Waals surface area contributed by atoms with E-state index in [1.54, 1.807) is 6.07 Å². The van der Waals surface area contributed by atoms with Gasteiger partial charge in [0, 0.05) is 13.1 Å². The van der Waals surface area contributed by atoms with Crippen LogP contribution in [0.5, 0.6) is 0 Å². The number of halogens is 1. The molecule has 3 N–H and O–H groups in total. The third-order valence-corrected chi connectivity index (χ3v) is 3.15. The van der Waals surface area contributed by atoms with Crippen molar-refractivity contribution in [1.29, 1.82) is 0 Å². The molecule has 0 atom stereocenters. The quantitative estimate of drug-likeness (QED) is 0.772. The summed E-state index contributed by atoms with van der Waals surface area (Å²) in [6.07, 6.45) is 0. The number of nitrogens with zero attached hydrogens (tertiary/aromatic N) is 1. The van der Waals surface area contributed by atoms with Gasteiger partial charge in [-0.05, 0) is 12.1 Å². The number of aromatic nitrogens is 2. The molecule has 1 aromatic carbocycles. The van der Waals surface area contributed by atoms with Gasteiger partial charge in [-0.25, -0.2) is 4.98 Å². The van der Waals surface area contributed by atoms with E-state index in [4.69, 9.17) is 11.6 Å². The second-order valence-corrected chi connectivity index (χ2v) is 4.46. The van der Waals surface area contributed by atoms with Crippen molar-refractivity contribution in [2.24, 2.45) is 0 Å². The van der Waals surface area contributed by atoms with Crippen molar-refractivity contribution in [3.63, 3.8) is 0 Å². The Hall–Kier alpha value is -1.85. The predicted molar refractivity (Wildman–Crippen MR) is 70.1 cm³/mol. The number of H-pyrrole nitrogens is 1. The summed E-state index contributed by atoms with van der Waals surface area (Å²) in [5.74, 6) is 0.413. The fraction of sp³-hybridized carbons (Fsp3) is 0.167. The topological polar surface area (TPSA) is 69.8 Å². The summed E-state index contributed by atoms with van der Waals surface area (Å²) >= 11 is 6.04. The van der Waals surface area contributed by atoms with Crippen molar-refractivity contribution < 1.29 is 0 Å². The number of nitrogens with one attached hydrogen (secondary N) is 3. The van der Waals surface area contributed by atoms with Crippen LogP contribution >= 0.6 is 11.6 Å². The first-order valence-electron chi connectivity index (χ1n) is 5.58. The summed E-state index contributed by atoms with van der Waals surface area (Å²) in [7, 11) is 0. The van der Waals surface area contributed by atoms with Crippen LogP contribution in [0.2, 0.25) is 5.02 Å². The smallest absolute Gasteiger partial charge is 0.257 e. The monoisotopic (exact) mass is 262 g/mol. The van der Waals surface area contributed by atoms with Gasteiger partial charge in [0.2, 0.25) is 5.95 Å². The van der Waals surface area contributed by atoms with Crippen LogP contribution in [0.3, 0.4) is 0 Å². The van der Waals surface area contributed by atoms with Crippen LogP contribution in [0.25, 0.3) is 0 Å². The number of hydrogen-bond donors (Lipinski definition) is 3. The van der Waals surface area contributed by atoms with E-state index in [1.807, 2.05) is 18.2 Å². The molecule has 5 nitrogen and oxygen atoms in total. The fourth-order valence-corrected chi connectivity index (χ4v) is 2.11. The summed E-state index contributed by atoms with van der Waals surface area (Å²) in [6, 6.07) is 7.31. The van der Waals surface area contributed by atoms with E-state index in [2.05, 4.69) is 20.6 Å². The van der Waals surface area contributed by atoms with Gasteiger partial charge in [-0.3, -0.25) is 9.78 Å². The third kappa shape index (κ3) is 1.98. The van der Waals surface area contributed by atoms with Gasteiger partial charge in [0.15, 0.2) is 0 Å². The molecular weight excluding hydrogens is 252 g/mol. The molecule has 0 fully saturated rings. The largest absolute Gasteiger partial charge is 0.324 e. The summed E-state index contributed by atoms with van der Waals surface area (Å²) in [5, 5.41) is 6.69. The molecule has 1 aliphatic rings. The first-order valence-corrected chi connectivity index (χ1v) is 5.96. The first kappa shape index (κ1) is 11.3. The highest BCUT2D eigenvalue weighted by atomic mass is 35.5. The second-order valence-electron chi connectivity index (χ2n) is 4.05. The Labute approximate surface area is 108 Å². The lowest BCUT2D eigenvalue weighted by molar-refractivity contribution is 0.757. The van der Waals surface area contributed by atoms with E-state index in [1.165, 1.54) is 0 Å². The van der Waals surface area contributed by atoms with Crippen LogP contribution in [-0.4, -0.2) is 9.97 Å². The SMILES string of the molecule is O=c1[nH]c(Nc2ccccc2Cl)nc2c1CNC2. The van der Waals surface area contributed by atoms with Crippen molar-refractivity contribution >= 4 is 23.2 Å². The minimum Gasteiger partial charge on any atom is -0.324 e. The Balaban J connectivity index is 1.97. The van der Waals surface area contributed by atoms with E-state index in [0.29, 0.717) is 35.3 Å². The molecule has 1 aromatic heterocycles. The average molecular weight is 263 g/mol. The van der Waals surface area contributed by atoms with Crippen LogP contribution in [0.15, 0.2) is 29.1 Å². The van der Waals surface area contributed by atoms with Gasteiger partial charge in [-0.1, -0.05) is 23.7 Å². The van der Waals surface area contributed by atoms with Gasteiger partial charge >= 0.3 is 0 Å². The zero-order valence-corrected chi connectivity index (χ0v) is 10.2. The van der Waals surface area contributed by atoms with E-state index in [0.717, 1.165) is 5.69 Å². The lowest BCUT2D eigenvalue weighted by Gasteiger charge is -2.08. The molecule has 1 aliphatic heterocycles. The van der Waals surface area contributed by atoms with Gasteiger partial charge in [-0.2, -0.15) is 0 Å². The van der Waals surface area contributed by atoms with E-state index in [-0.39, 0.29) is 5.56 Å². The van der Waals surface area contributed by atoms with Crippen molar-refractivity contribution in [2.75, 3.05) is 5.32 Å². The Kier molecular flexibility index (Phi) is 2.77. The molecule has 0 saturated heterocycles. The summed E-state index contributed by atoms with van der Waals surface area (Å²) < 4.78 is 0. The molecule has 0 bridgehead atoms. The Bertz CT molecular complexity index is 653. The number of hydrogen-bond acceptors (Lipinski definition) is 4. The molecule has 0 saturated carbocycles. The molecule has 92 valence electrons. The highest BCUT2D eigenvalue weighted by Crippen LogP contribution is 2.23. The average Bonchev–Trinajstić information content (AvgIpc) is 2.81. The molecule has 2 heterocycles. The van der Waals surface area contributed by atoms with Crippen LogP contribution in [0.1, 0.15) is 11.3 Å². The summed E-state index contributed by atoms with van der Waals surface area (Å²) in [6.45, 7) is 1.19. The summed E-state index contributed by atoms with van der Waals surface area (Å²) in [4.78, 5) is 18.9. The maximum atomic E-state index is 11.8. The lowest BCUT2D eigenvalue weighted by Crippen LogP contribution is -2.16. The number of benzene rings is 1. The van der Waals surface area contributed by atoms with Crippen LogP contribution in [0, 0.1) is 0 Å². The second kappa shape index (κ2) is 4.44. The van der Waals surface area contributed by atoms with Gasteiger partial charge in [0.25, 0.3) is 5.56 Å². The normalized spacial score (nSPS) is 13.4. The predicted octanol–water partition coefficient (Wildman–Crippen LogP) is 1.77. The maximum Gasteiger partial charge on any atom is 0.257 e. The fourth-order valence-electron chi connectivity index (χ4n) is 1.93. The highest BCUT2D eigenvalue weighted by Gasteiger charge is 2.16. The van der Waals surface area contributed by atoms with Crippen LogP contribution < -0.4 is 16.2 Å². The van der Waals surface area contributed by atoms with Gasteiger partial charge in [0.1, 0.15) is 0 Å². The molecule has 6 heteroatoms. The van der Waals surface area contributed by atoms with E-state index < -0.39 is 0 Å². The van der Waals surface area contributed by atoms with Crippen molar-refractivity contribution in [3.8, 4) is 0 Å². The van der Waals surface area contributed by atoms with Crippen LogP contribution in [0.4, 0.5) is 11.6 Å². The Morgan fingerprint density at radius 3 is 2.94 bits per heavy atom. The minimum absolute atomic E-state index is 0.112. The van der Waals surface area contributed by atoms with Gasteiger partial charge < -0.3 is 10.6 Å². The molecule has 3 rings (SSSR count). The number of para-hydroxylation sites is 1. The molecule has 0 spiro atoms. The molecule has 0 unspecified atom stereocenters. The van der Waals surface area contributed by atoms with Gasteiger partial charge in [-0.15, -0.1) is 0 Å². The zero-order valence-electron chi connectivity index (χ0n) is 9.46.